The Balaban J connectivity index is 2.92. The Kier molecular flexibility index (Phi) is 0.704. The molecule has 2 aromatic rings. The van der Waals surface area contributed by atoms with E-state index in [0.29, 0.717) is 0 Å². The number of H-pyrrole nitrogens is 1. The van der Waals surface area contributed by atoms with Gasteiger partial charge in [0.05, 0.1) is 11.7 Å². The molecule has 0 aromatic carbocycles. The van der Waals surface area contributed by atoms with Crippen LogP contribution < -0.4 is 0 Å². The van der Waals surface area contributed by atoms with Crippen LogP contribution in [-0.4, -0.2) is 14.8 Å². The number of hydrogen-bond acceptors (Lipinski definition) is 1. The maximum absolute atomic E-state index is 4.00. The molecule has 3 heteroatoms. The summed E-state index contributed by atoms with van der Waals surface area (Å²) in [4.78, 5) is 0. The smallest absolute Gasteiger partial charge is 0.0867 e. The molecule has 0 spiro atoms. The molecule has 9 heavy (non-hydrogen) atoms. The molecule has 3 nitrogen and oxygen atoms in total. The summed E-state index contributed by atoms with van der Waals surface area (Å²) in [5.41, 5.74) is 2.26. The van der Waals surface area contributed by atoms with Crippen LogP contribution in [-0.2, 0) is 0 Å². The van der Waals surface area contributed by atoms with Crippen LogP contribution in [0, 0.1) is 6.92 Å². The summed E-state index contributed by atoms with van der Waals surface area (Å²) in [6.45, 7) is 2.01. The molecule has 2 rings (SSSR count). The van der Waals surface area contributed by atoms with E-state index < -0.39 is 0 Å². The number of hydrogen-bond donors (Lipinski definition) is 1. The molecular formula is C6H7N3. The average Bonchev–Trinajstić information content (AvgIpc) is 2.22. The topological polar surface area (TPSA) is 33.1 Å². The Morgan fingerprint density at radius 2 is 2.56 bits per heavy atom. The molecule has 0 aliphatic heterocycles. The van der Waals surface area contributed by atoms with Crippen LogP contribution in [0.15, 0.2) is 18.3 Å². The van der Waals surface area contributed by atoms with Gasteiger partial charge >= 0.3 is 0 Å². The molecule has 0 fully saturated rings. The van der Waals surface area contributed by atoms with Gasteiger partial charge in [0, 0.05) is 5.69 Å². The van der Waals surface area contributed by atoms with Crippen LogP contribution in [0.1, 0.15) is 5.69 Å². The monoisotopic (exact) mass is 121 g/mol. The van der Waals surface area contributed by atoms with Crippen molar-refractivity contribution in [3.05, 3.63) is 24.0 Å². The largest absolute Gasteiger partial charge is 0.282 e. The molecule has 1 N–H and O–H groups in total. The lowest BCUT2D eigenvalue weighted by atomic mass is 10.4. The van der Waals surface area contributed by atoms with Crippen molar-refractivity contribution < 1.29 is 0 Å². The second-order valence-electron chi connectivity index (χ2n) is 2.11. The molecule has 0 saturated heterocycles. The van der Waals surface area contributed by atoms with Crippen molar-refractivity contribution in [1.82, 2.24) is 14.8 Å². The van der Waals surface area contributed by atoms with Gasteiger partial charge in [0.15, 0.2) is 0 Å². The van der Waals surface area contributed by atoms with Crippen molar-refractivity contribution in [1.29, 1.82) is 0 Å². The fourth-order valence-electron chi connectivity index (χ4n) is 0.937. The number of aromatic amines is 1. The third-order valence-corrected chi connectivity index (χ3v) is 1.32. The third kappa shape index (κ3) is 0.543. The second-order valence-corrected chi connectivity index (χ2v) is 2.11. The van der Waals surface area contributed by atoms with Gasteiger partial charge in [-0.05, 0) is 19.1 Å². The Morgan fingerprint density at radius 3 is 3.33 bits per heavy atom. The van der Waals surface area contributed by atoms with Crippen molar-refractivity contribution >= 4 is 5.52 Å². The summed E-state index contributed by atoms with van der Waals surface area (Å²) in [6.07, 6.45) is 1.77. The summed E-state index contributed by atoms with van der Waals surface area (Å²) in [5.74, 6) is 0. The van der Waals surface area contributed by atoms with E-state index in [0.717, 1.165) is 11.2 Å². The van der Waals surface area contributed by atoms with Crippen molar-refractivity contribution in [2.75, 3.05) is 0 Å². The van der Waals surface area contributed by atoms with Gasteiger partial charge in [-0.1, -0.05) is 0 Å². The molecule has 0 aliphatic rings. The van der Waals surface area contributed by atoms with Gasteiger partial charge in [-0.25, -0.2) is 0 Å². The zero-order valence-corrected chi connectivity index (χ0v) is 5.13. The molecule has 0 saturated carbocycles. The molecule has 0 bridgehead atoms. The third-order valence-electron chi connectivity index (χ3n) is 1.32. The minimum absolute atomic E-state index is 1.12. The van der Waals surface area contributed by atoms with Gasteiger partial charge in [0.2, 0.25) is 0 Å². The predicted molar refractivity (Wildman–Crippen MR) is 34.3 cm³/mol. The molecule has 0 unspecified atom stereocenters. The number of fused-ring (bicyclic) bond motifs is 1. The molecule has 0 aliphatic carbocycles. The summed E-state index contributed by atoms with van der Waals surface area (Å²) in [7, 11) is 0. The van der Waals surface area contributed by atoms with E-state index in [9.17, 15) is 0 Å². The van der Waals surface area contributed by atoms with Gasteiger partial charge < -0.3 is 0 Å². The van der Waals surface area contributed by atoms with Crippen LogP contribution in [0.3, 0.4) is 0 Å². The molecule has 0 atom stereocenters. The highest BCUT2D eigenvalue weighted by molar-refractivity contribution is 5.45. The first-order valence-electron chi connectivity index (χ1n) is 2.85. The van der Waals surface area contributed by atoms with E-state index in [1.54, 1.807) is 10.8 Å². The van der Waals surface area contributed by atoms with Crippen LogP contribution >= 0.6 is 0 Å². The Hall–Kier alpha value is -1.25. The number of aryl methyl sites for hydroxylation is 1. The summed E-state index contributed by atoms with van der Waals surface area (Å²) >= 11 is 0. The molecule has 2 heterocycles. The SMILES string of the molecule is Cc1cc2ccnn2[nH]1. The van der Waals surface area contributed by atoms with E-state index in [1.165, 1.54) is 0 Å². The fraction of sp³-hybridized carbons (Fsp3) is 0.167. The predicted octanol–water partition coefficient (Wildman–Crippen LogP) is 0.971. The zero-order chi connectivity index (χ0) is 6.27. The maximum atomic E-state index is 4.00. The van der Waals surface area contributed by atoms with E-state index in [4.69, 9.17) is 0 Å². The van der Waals surface area contributed by atoms with Crippen molar-refractivity contribution in [2.45, 2.75) is 6.92 Å². The zero-order valence-electron chi connectivity index (χ0n) is 5.13. The normalized spacial score (nSPS) is 10.8. The lowest BCUT2D eigenvalue weighted by molar-refractivity contribution is 0.807. The molecule has 2 aromatic heterocycles. The number of nitrogens with one attached hydrogen (secondary N) is 1. The molecule has 46 valence electrons. The Morgan fingerprint density at radius 1 is 1.67 bits per heavy atom. The fourth-order valence-corrected chi connectivity index (χ4v) is 0.937. The Bertz CT molecular complexity index is 289. The minimum Gasteiger partial charge on any atom is -0.282 e. The molecular weight excluding hydrogens is 114 g/mol. The standard InChI is InChI=1S/C6H7N3/c1-5-4-6-2-3-7-9(6)8-5/h2-4,8H,1H3. The van der Waals surface area contributed by atoms with E-state index in [2.05, 4.69) is 10.2 Å². The first-order chi connectivity index (χ1) is 4.36. The van der Waals surface area contributed by atoms with Gasteiger partial charge in [-0.2, -0.15) is 9.73 Å². The highest BCUT2D eigenvalue weighted by Gasteiger charge is 1.92. The lowest BCUT2D eigenvalue weighted by Crippen LogP contribution is -1.84. The summed E-state index contributed by atoms with van der Waals surface area (Å²) < 4.78 is 1.75. The first kappa shape index (κ1) is 4.61. The number of nitrogens with zero attached hydrogens (tertiary/aromatic N) is 2. The molecule has 0 amide bonds. The van der Waals surface area contributed by atoms with E-state index in [1.807, 2.05) is 19.1 Å². The quantitative estimate of drug-likeness (QED) is 0.553. The van der Waals surface area contributed by atoms with E-state index >= 15 is 0 Å². The average molecular weight is 121 g/mol. The molecule has 0 radical (unpaired) electrons. The highest BCUT2D eigenvalue weighted by Crippen LogP contribution is 2.01. The van der Waals surface area contributed by atoms with Crippen LogP contribution in [0.25, 0.3) is 5.52 Å². The number of rotatable bonds is 0. The maximum Gasteiger partial charge on any atom is 0.0867 e. The van der Waals surface area contributed by atoms with Crippen molar-refractivity contribution in [3.63, 3.8) is 0 Å². The van der Waals surface area contributed by atoms with Gasteiger partial charge in [-0.3, -0.25) is 5.10 Å². The van der Waals surface area contributed by atoms with Crippen LogP contribution in [0.5, 0.6) is 0 Å². The summed E-state index contributed by atoms with van der Waals surface area (Å²) in [6, 6.07) is 4.01. The van der Waals surface area contributed by atoms with Crippen molar-refractivity contribution in [3.8, 4) is 0 Å². The van der Waals surface area contributed by atoms with Crippen LogP contribution in [0.4, 0.5) is 0 Å². The second kappa shape index (κ2) is 1.37. The highest BCUT2D eigenvalue weighted by atomic mass is 15.4. The number of aromatic nitrogens is 3. The van der Waals surface area contributed by atoms with Gasteiger partial charge in [0.1, 0.15) is 0 Å². The lowest BCUT2D eigenvalue weighted by Gasteiger charge is -1.78. The van der Waals surface area contributed by atoms with Gasteiger partial charge in [-0.15, -0.1) is 0 Å². The summed E-state index contributed by atoms with van der Waals surface area (Å²) in [5, 5.41) is 7.04. The van der Waals surface area contributed by atoms with Gasteiger partial charge in [0.25, 0.3) is 0 Å². The van der Waals surface area contributed by atoms with E-state index in [-0.39, 0.29) is 0 Å². The van der Waals surface area contributed by atoms with Crippen LogP contribution in [0.2, 0.25) is 0 Å². The first-order valence-corrected chi connectivity index (χ1v) is 2.85. The Labute approximate surface area is 52.3 Å². The minimum atomic E-state index is 1.12. The van der Waals surface area contributed by atoms with Crippen molar-refractivity contribution in [2.24, 2.45) is 0 Å².